The molecule has 0 aromatic heterocycles. The van der Waals surface area contributed by atoms with Crippen LogP contribution in [0.2, 0.25) is 0 Å². The molecule has 5 nitrogen and oxygen atoms in total. The van der Waals surface area contributed by atoms with Gasteiger partial charge in [-0.1, -0.05) is 24.6 Å². The third-order valence-corrected chi connectivity index (χ3v) is 5.22. The number of fused-ring (bicyclic) bond motifs is 3. The molecule has 1 aliphatic heterocycles. The topological polar surface area (TPSA) is 72.8 Å². The maximum Gasteiger partial charge on any atom is 0.309 e. The fraction of sp³-hybridized carbons (Fsp3) is 0.647. The summed E-state index contributed by atoms with van der Waals surface area (Å²) in [4.78, 5) is 23.5. The van der Waals surface area contributed by atoms with Crippen molar-refractivity contribution in [1.82, 2.24) is 0 Å². The van der Waals surface area contributed by atoms with Crippen molar-refractivity contribution in [2.24, 2.45) is 17.8 Å². The zero-order valence-corrected chi connectivity index (χ0v) is 13.3. The van der Waals surface area contributed by atoms with Gasteiger partial charge in [-0.2, -0.15) is 0 Å². The Hall–Kier alpha value is -1.62. The first-order valence-corrected chi connectivity index (χ1v) is 7.71. The SMILES string of the molecule is CC(=O)O[C@H]1CC(C)=C2C=C[C@@](C)(O)[C@H]2[C@H]2OC(=O)[C@H](C)[C@H]21. The van der Waals surface area contributed by atoms with E-state index in [1.165, 1.54) is 6.92 Å². The molecular weight excluding hydrogens is 284 g/mol. The van der Waals surface area contributed by atoms with Crippen LogP contribution in [0.15, 0.2) is 23.3 Å². The van der Waals surface area contributed by atoms with E-state index in [1.807, 2.05) is 13.0 Å². The van der Waals surface area contributed by atoms with Crippen LogP contribution in [0.1, 0.15) is 34.1 Å². The van der Waals surface area contributed by atoms with E-state index in [4.69, 9.17) is 9.47 Å². The molecule has 0 aromatic rings. The fourth-order valence-corrected chi connectivity index (χ4v) is 4.17. The van der Waals surface area contributed by atoms with Crippen LogP contribution in [0.5, 0.6) is 0 Å². The van der Waals surface area contributed by atoms with E-state index in [-0.39, 0.29) is 29.7 Å². The molecule has 3 rings (SSSR count). The second kappa shape index (κ2) is 4.95. The third kappa shape index (κ3) is 2.19. The first-order valence-electron chi connectivity index (χ1n) is 7.71. The molecule has 1 saturated heterocycles. The summed E-state index contributed by atoms with van der Waals surface area (Å²) in [6.07, 6.45) is 3.37. The van der Waals surface area contributed by atoms with Gasteiger partial charge in [-0.15, -0.1) is 0 Å². The van der Waals surface area contributed by atoms with E-state index in [0.717, 1.165) is 11.1 Å². The van der Waals surface area contributed by atoms with Gasteiger partial charge in [0.05, 0.1) is 17.4 Å². The van der Waals surface area contributed by atoms with Crippen LogP contribution in [-0.4, -0.2) is 34.9 Å². The largest absolute Gasteiger partial charge is 0.462 e. The van der Waals surface area contributed by atoms with Gasteiger partial charge in [-0.05, 0) is 19.4 Å². The lowest BCUT2D eigenvalue weighted by Gasteiger charge is -2.34. The van der Waals surface area contributed by atoms with Crippen LogP contribution < -0.4 is 0 Å². The van der Waals surface area contributed by atoms with Crippen LogP contribution in [0.25, 0.3) is 0 Å². The van der Waals surface area contributed by atoms with E-state index in [1.54, 1.807) is 19.9 Å². The Balaban J connectivity index is 2.07. The Bertz CT molecular complexity index is 586. The molecule has 2 aliphatic carbocycles. The molecule has 0 bridgehead atoms. The van der Waals surface area contributed by atoms with Gasteiger partial charge in [0.2, 0.25) is 0 Å². The molecule has 1 N–H and O–H groups in total. The van der Waals surface area contributed by atoms with Gasteiger partial charge < -0.3 is 14.6 Å². The minimum atomic E-state index is -1.06. The Labute approximate surface area is 130 Å². The average Bonchev–Trinajstić information content (AvgIpc) is 2.81. The maximum atomic E-state index is 12.1. The summed E-state index contributed by atoms with van der Waals surface area (Å²) in [5.74, 6) is -1.53. The summed E-state index contributed by atoms with van der Waals surface area (Å²) >= 11 is 0. The van der Waals surface area contributed by atoms with E-state index in [0.29, 0.717) is 6.42 Å². The highest BCUT2D eigenvalue weighted by atomic mass is 16.6. The first kappa shape index (κ1) is 15.3. The van der Waals surface area contributed by atoms with Crippen LogP contribution in [0.4, 0.5) is 0 Å². The van der Waals surface area contributed by atoms with Crippen molar-refractivity contribution in [2.45, 2.75) is 51.9 Å². The van der Waals surface area contributed by atoms with Crippen LogP contribution >= 0.6 is 0 Å². The number of allylic oxidation sites excluding steroid dienone is 1. The van der Waals surface area contributed by atoms with E-state index in [2.05, 4.69) is 0 Å². The summed E-state index contributed by atoms with van der Waals surface area (Å²) in [6.45, 7) is 6.90. The van der Waals surface area contributed by atoms with E-state index in [9.17, 15) is 14.7 Å². The van der Waals surface area contributed by atoms with Crippen molar-refractivity contribution in [3.05, 3.63) is 23.3 Å². The fourth-order valence-electron chi connectivity index (χ4n) is 4.17. The number of hydrogen-bond acceptors (Lipinski definition) is 5. The van der Waals surface area contributed by atoms with Crippen molar-refractivity contribution < 1.29 is 24.2 Å². The molecule has 1 fully saturated rings. The van der Waals surface area contributed by atoms with Gasteiger partial charge in [-0.25, -0.2) is 0 Å². The molecular formula is C17H22O5. The lowest BCUT2D eigenvalue weighted by Crippen LogP contribution is -2.44. The number of carbonyl (C=O) groups is 2. The van der Waals surface area contributed by atoms with Gasteiger partial charge in [0.25, 0.3) is 0 Å². The van der Waals surface area contributed by atoms with E-state index >= 15 is 0 Å². The summed E-state index contributed by atoms with van der Waals surface area (Å²) in [7, 11) is 0. The summed E-state index contributed by atoms with van der Waals surface area (Å²) in [5.41, 5.74) is 1.01. The summed E-state index contributed by atoms with van der Waals surface area (Å²) in [5, 5.41) is 10.7. The monoisotopic (exact) mass is 306 g/mol. The predicted octanol–water partition coefficient (Wildman–Crippen LogP) is 1.75. The Kier molecular flexibility index (Phi) is 3.44. The molecule has 120 valence electrons. The molecule has 0 unspecified atom stereocenters. The molecule has 0 amide bonds. The zero-order valence-electron chi connectivity index (χ0n) is 13.3. The van der Waals surface area contributed by atoms with Gasteiger partial charge in [-0.3, -0.25) is 9.59 Å². The van der Waals surface area contributed by atoms with Crippen molar-refractivity contribution >= 4 is 11.9 Å². The molecule has 0 radical (unpaired) electrons. The van der Waals surface area contributed by atoms with Crippen molar-refractivity contribution in [3.8, 4) is 0 Å². The quantitative estimate of drug-likeness (QED) is 0.747. The standard InChI is InChI=1S/C17H22O5/c1-8-7-12(21-10(3)18)13-9(2)16(19)22-15(13)14-11(8)5-6-17(14,4)20/h5-6,9,12-15,20H,7H2,1-4H3/t9-,12+,13+,14-,15+,17-/m1/s1. The molecule has 0 aromatic carbocycles. The highest BCUT2D eigenvalue weighted by Gasteiger charge is 2.57. The number of ether oxygens (including phenoxy) is 2. The van der Waals surface area contributed by atoms with Gasteiger partial charge >= 0.3 is 11.9 Å². The predicted molar refractivity (Wildman–Crippen MR) is 78.7 cm³/mol. The van der Waals surface area contributed by atoms with Crippen LogP contribution in [0.3, 0.4) is 0 Å². The van der Waals surface area contributed by atoms with Gasteiger partial charge in [0, 0.05) is 19.3 Å². The highest BCUT2D eigenvalue weighted by molar-refractivity contribution is 5.75. The van der Waals surface area contributed by atoms with Crippen LogP contribution in [0, 0.1) is 17.8 Å². The number of rotatable bonds is 1. The second-order valence-corrected chi connectivity index (χ2v) is 6.89. The molecule has 22 heavy (non-hydrogen) atoms. The highest BCUT2D eigenvalue weighted by Crippen LogP contribution is 2.50. The number of esters is 2. The van der Waals surface area contributed by atoms with Crippen molar-refractivity contribution in [3.63, 3.8) is 0 Å². The Morgan fingerprint density at radius 2 is 2.18 bits per heavy atom. The third-order valence-electron chi connectivity index (χ3n) is 5.22. The second-order valence-electron chi connectivity index (χ2n) is 6.89. The Morgan fingerprint density at radius 1 is 1.50 bits per heavy atom. The smallest absolute Gasteiger partial charge is 0.309 e. The van der Waals surface area contributed by atoms with Crippen LogP contribution in [-0.2, 0) is 19.1 Å². The Morgan fingerprint density at radius 3 is 2.82 bits per heavy atom. The average molecular weight is 306 g/mol. The summed E-state index contributed by atoms with van der Waals surface area (Å²) < 4.78 is 11.1. The number of carbonyl (C=O) groups excluding carboxylic acids is 2. The molecule has 6 atom stereocenters. The molecule has 3 aliphatic rings. The first-order chi connectivity index (χ1) is 10.2. The molecule has 0 spiro atoms. The normalized spacial score (nSPS) is 43.5. The minimum Gasteiger partial charge on any atom is -0.462 e. The lowest BCUT2D eigenvalue weighted by molar-refractivity contribution is -0.151. The number of hydrogen-bond donors (Lipinski definition) is 1. The number of aliphatic hydroxyl groups is 1. The maximum absolute atomic E-state index is 12.1. The van der Waals surface area contributed by atoms with Crippen molar-refractivity contribution in [2.75, 3.05) is 0 Å². The van der Waals surface area contributed by atoms with E-state index < -0.39 is 17.8 Å². The van der Waals surface area contributed by atoms with Gasteiger partial charge in [0.15, 0.2) is 0 Å². The van der Waals surface area contributed by atoms with Crippen molar-refractivity contribution in [1.29, 1.82) is 0 Å². The minimum absolute atomic E-state index is 0.236. The lowest BCUT2D eigenvalue weighted by atomic mass is 9.76. The molecule has 5 heteroatoms. The molecule has 0 saturated carbocycles. The molecule has 1 heterocycles. The zero-order chi connectivity index (χ0) is 16.2. The van der Waals surface area contributed by atoms with Gasteiger partial charge in [0.1, 0.15) is 12.2 Å². The summed E-state index contributed by atoms with van der Waals surface area (Å²) in [6, 6.07) is 0.